The zero-order valence-corrected chi connectivity index (χ0v) is 21.8. The zero-order chi connectivity index (χ0) is 23.4. The van der Waals surface area contributed by atoms with Crippen LogP contribution < -0.4 is 5.32 Å². The van der Waals surface area contributed by atoms with Crippen LogP contribution in [0, 0.1) is 30.6 Å². The summed E-state index contributed by atoms with van der Waals surface area (Å²) in [6.45, 7) is 1.88. The minimum absolute atomic E-state index is 0.0992. The summed E-state index contributed by atoms with van der Waals surface area (Å²) in [6.07, 6.45) is 1.11. The van der Waals surface area contributed by atoms with Gasteiger partial charge in [0.25, 0.3) is 0 Å². The number of fused-ring (bicyclic) bond motifs is 5. The first kappa shape index (κ1) is 23.1. The number of carbonyl (C=O) groups excluding carboxylic acids is 3. The van der Waals surface area contributed by atoms with Gasteiger partial charge in [0.05, 0.1) is 11.8 Å². The second-order valence-corrected chi connectivity index (χ2v) is 11.7. The Hall–Kier alpha value is -1.70. The second-order valence-electron chi connectivity index (χ2n) is 9.21. The van der Waals surface area contributed by atoms with Crippen molar-refractivity contribution in [3.63, 3.8) is 0 Å². The highest BCUT2D eigenvalue weighted by atomic mass is 79.9. The number of amides is 3. The lowest BCUT2D eigenvalue weighted by Crippen LogP contribution is -2.49. The smallest absolute Gasteiger partial charge is 0.248 e. The van der Waals surface area contributed by atoms with Gasteiger partial charge in [0.1, 0.15) is 6.04 Å². The summed E-state index contributed by atoms with van der Waals surface area (Å²) < 4.78 is 0. The van der Waals surface area contributed by atoms with E-state index in [9.17, 15) is 14.4 Å². The molecule has 3 amide bonds. The number of nitrogens with one attached hydrogen (secondary N) is 1. The van der Waals surface area contributed by atoms with Gasteiger partial charge in [-0.2, -0.15) is 0 Å². The molecule has 2 aromatic carbocycles. The zero-order valence-electron chi connectivity index (χ0n) is 17.9. The lowest BCUT2D eigenvalue weighted by Gasteiger charge is -2.28. The molecule has 33 heavy (non-hydrogen) atoms. The van der Waals surface area contributed by atoms with Crippen LogP contribution in [0.15, 0.2) is 48.5 Å². The molecule has 5 rings (SSSR count). The van der Waals surface area contributed by atoms with E-state index < -0.39 is 11.9 Å². The third-order valence-corrected chi connectivity index (χ3v) is 11.0. The molecule has 1 N–H and O–H groups in total. The Morgan fingerprint density at radius 2 is 1.67 bits per heavy atom. The maximum absolute atomic E-state index is 13.6. The van der Waals surface area contributed by atoms with Crippen molar-refractivity contribution in [3.8, 4) is 0 Å². The fourth-order valence-corrected chi connectivity index (χ4v) is 7.77. The van der Waals surface area contributed by atoms with Gasteiger partial charge in [-0.25, -0.2) is 0 Å². The highest BCUT2D eigenvalue weighted by molar-refractivity contribution is 9.12. The summed E-state index contributed by atoms with van der Waals surface area (Å²) in [5, 5.41) is 3.42. The molecular formula is C25H23Br2ClN2O3. The van der Waals surface area contributed by atoms with E-state index in [-0.39, 0.29) is 51.6 Å². The Labute approximate surface area is 214 Å². The van der Waals surface area contributed by atoms with Gasteiger partial charge in [-0.15, -0.1) is 0 Å². The minimum Gasteiger partial charge on any atom is -0.324 e. The van der Waals surface area contributed by atoms with E-state index in [4.69, 9.17) is 11.6 Å². The number of hydrogen-bond donors (Lipinski definition) is 1. The van der Waals surface area contributed by atoms with E-state index in [1.54, 1.807) is 12.1 Å². The van der Waals surface area contributed by atoms with Gasteiger partial charge in [0, 0.05) is 26.8 Å². The predicted octanol–water partition coefficient (Wildman–Crippen LogP) is 4.98. The van der Waals surface area contributed by atoms with Gasteiger partial charge in [-0.05, 0) is 48.4 Å². The van der Waals surface area contributed by atoms with Gasteiger partial charge in [-0.1, -0.05) is 79.9 Å². The lowest BCUT2D eigenvalue weighted by molar-refractivity contribution is -0.147. The number of aryl methyl sites for hydroxylation is 1. The maximum Gasteiger partial charge on any atom is 0.248 e. The van der Waals surface area contributed by atoms with Gasteiger partial charge >= 0.3 is 0 Å². The minimum atomic E-state index is -0.931. The first-order valence-corrected chi connectivity index (χ1v) is 13.2. The first-order chi connectivity index (χ1) is 15.8. The molecular weight excluding hydrogens is 572 g/mol. The number of imide groups is 1. The van der Waals surface area contributed by atoms with E-state index in [1.807, 2.05) is 43.3 Å². The Morgan fingerprint density at radius 3 is 2.24 bits per heavy atom. The molecule has 0 spiro atoms. The van der Waals surface area contributed by atoms with Gasteiger partial charge in [0.2, 0.25) is 17.7 Å². The van der Waals surface area contributed by atoms with Crippen LogP contribution in [0.1, 0.15) is 17.5 Å². The van der Waals surface area contributed by atoms with Crippen molar-refractivity contribution in [2.24, 2.45) is 23.7 Å². The number of rotatable bonds is 5. The van der Waals surface area contributed by atoms with Crippen LogP contribution >= 0.6 is 43.5 Å². The molecule has 8 heteroatoms. The Balaban J connectivity index is 1.47. The molecule has 7 atom stereocenters. The van der Waals surface area contributed by atoms with Crippen LogP contribution in [0.3, 0.4) is 0 Å². The van der Waals surface area contributed by atoms with Crippen molar-refractivity contribution >= 4 is 66.9 Å². The van der Waals surface area contributed by atoms with E-state index in [0.29, 0.717) is 10.7 Å². The van der Waals surface area contributed by atoms with Crippen LogP contribution in [0.25, 0.3) is 0 Å². The molecule has 1 saturated heterocycles. The second kappa shape index (κ2) is 8.82. The Kier molecular flexibility index (Phi) is 6.17. The molecule has 172 valence electrons. The summed E-state index contributed by atoms with van der Waals surface area (Å²) >= 11 is 13.7. The van der Waals surface area contributed by atoms with Crippen molar-refractivity contribution in [2.75, 3.05) is 5.32 Å². The van der Waals surface area contributed by atoms with E-state index in [0.717, 1.165) is 17.5 Å². The maximum atomic E-state index is 13.6. The largest absolute Gasteiger partial charge is 0.324 e. The number of benzene rings is 2. The number of anilines is 1. The fourth-order valence-electron chi connectivity index (χ4n) is 5.71. The molecule has 3 aliphatic rings. The average molecular weight is 595 g/mol. The average Bonchev–Trinajstić information content (AvgIpc) is 3.40. The van der Waals surface area contributed by atoms with Gasteiger partial charge < -0.3 is 5.32 Å². The molecule has 2 aliphatic carbocycles. The van der Waals surface area contributed by atoms with E-state index >= 15 is 0 Å². The molecule has 1 aliphatic heterocycles. The van der Waals surface area contributed by atoms with Crippen LogP contribution in [0.4, 0.5) is 5.69 Å². The van der Waals surface area contributed by atoms with Crippen LogP contribution in [0.2, 0.25) is 5.02 Å². The van der Waals surface area contributed by atoms with Gasteiger partial charge in [-0.3, -0.25) is 19.3 Å². The summed E-state index contributed by atoms with van der Waals surface area (Å²) in [4.78, 5) is 42.2. The quantitative estimate of drug-likeness (QED) is 0.393. The summed E-state index contributed by atoms with van der Waals surface area (Å²) in [5.74, 6) is -1.36. The molecule has 1 heterocycles. The van der Waals surface area contributed by atoms with E-state index in [1.165, 1.54) is 4.90 Å². The molecule has 2 bridgehead atoms. The fraction of sp³-hybridized carbons (Fsp3) is 0.400. The normalized spacial score (nSPS) is 31.1. The Bertz CT molecular complexity index is 1100. The van der Waals surface area contributed by atoms with Crippen LogP contribution in [-0.4, -0.2) is 38.3 Å². The van der Waals surface area contributed by atoms with E-state index in [2.05, 4.69) is 37.2 Å². The SMILES string of the molecule is Cc1ccc(NC(=O)[C@H](Cc2ccccc2)N2C(=O)[C@@H]3[C@@H]4C[C@H]([C@H](Br)[C@@H]4Br)[C@@H]3C2=O)cc1Cl. The summed E-state index contributed by atoms with van der Waals surface area (Å²) in [7, 11) is 0. The first-order valence-electron chi connectivity index (χ1n) is 11.0. The summed E-state index contributed by atoms with van der Waals surface area (Å²) in [5.41, 5.74) is 2.32. The van der Waals surface area contributed by atoms with Crippen molar-refractivity contribution in [1.82, 2.24) is 4.90 Å². The van der Waals surface area contributed by atoms with Crippen molar-refractivity contribution in [2.45, 2.75) is 35.5 Å². The van der Waals surface area contributed by atoms with Crippen molar-refractivity contribution in [3.05, 3.63) is 64.7 Å². The molecule has 0 radical (unpaired) electrons. The molecule has 2 aromatic rings. The highest BCUT2D eigenvalue weighted by Gasteiger charge is 2.67. The lowest BCUT2D eigenvalue weighted by atomic mass is 9.81. The summed E-state index contributed by atoms with van der Waals surface area (Å²) in [6, 6.07) is 13.8. The van der Waals surface area contributed by atoms with Gasteiger partial charge in [0.15, 0.2) is 0 Å². The Morgan fingerprint density at radius 1 is 1.06 bits per heavy atom. The highest BCUT2D eigenvalue weighted by Crippen LogP contribution is 2.60. The number of hydrogen-bond acceptors (Lipinski definition) is 3. The number of nitrogens with zero attached hydrogens (tertiary/aromatic N) is 1. The third kappa shape index (κ3) is 3.86. The van der Waals surface area contributed by atoms with Crippen LogP contribution in [-0.2, 0) is 20.8 Å². The molecule has 2 saturated carbocycles. The number of halogens is 3. The number of carbonyl (C=O) groups is 3. The topological polar surface area (TPSA) is 66.5 Å². The third-order valence-electron chi connectivity index (χ3n) is 7.35. The monoisotopic (exact) mass is 592 g/mol. The molecule has 0 unspecified atom stereocenters. The molecule has 0 aromatic heterocycles. The number of alkyl halides is 2. The predicted molar refractivity (Wildman–Crippen MR) is 135 cm³/mol. The molecule has 3 fully saturated rings. The van der Waals surface area contributed by atoms with Crippen molar-refractivity contribution < 1.29 is 14.4 Å². The number of likely N-dealkylation sites (tertiary alicyclic amines) is 1. The molecule has 5 nitrogen and oxygen atoms in total. The standard InChI is InChI=1S/C25H23Br2ClN2O3/c1-12-7-8-14(10-17(12)28)29-23(31)18(9-13-5-3-2-4-6-13)30-24(32)19-15-11-16(20(19)25(30)33)22(27)21(15)26/h2-8,10,15-16,18-22H,9,11H2,1H3,(H,29,31)/t15-,16-,18-,19-,20+,21-,22+/m0/s1. The van der Waals surface area contributed by atoms with Crippen molar-refractivity contribution in [1.29, 1.82) is 0 Å². The van der Waals surface area contributed by atoms with Crippen LogP contribution in [0.5, 0.6) is 0 Å².